The first-order valence-corrected chi connectivity index (χ1v) is 21.5. The minimum Gasteiger partial charge on any atom is -0.508 e. The number of aromatic hydroxyl groups is 1. The van der Waals surface area contributed by atoms with Gasteiger partial charge in [-0.15, -0.1) is 0 Å². The largest absolute Gasteiger partial charge is 0.508 e. The number of carbonyl (C=O) groups is 2. The number of aryl methyl sites for hydroxylation is 3. The molecular weight excluding hydrogens is 815 g/mol. The third kappa shape index (κ3) is 11.5. The molecular formula is C49H55N7O8. The van der Waals surface area contributed by atoms with E-state index in [2.05, 4.69) is 29.8 Å². The molecule has 2 N–H and O–H groups in total. The number of phenols is 1. The van der Waals surface area contributed by atoms with E-state index in [1.807, 2.05) is 105 Å². The molecule has 0 bridgehead atoms. The third-order valence-electron chi connectivity index (χ3n) is 11.6. The molecule has 0 spiro atoms. The van der Waals surface area contributed by atoms with Crippen molar-refractivity contribution in [3.63, 3.8) is 0 Å². The smallest absolute Gasteiger partial charge is 0.311 e. The number of anilines is 2. The van der Waals surface area contributed by atoms with Gasteiger partial charge in [0.25, 0.3) is 0 Å². The molecule has 3 aromatic heterocycles. The summed E-state index contributed by atoms with van der Waals surface area (Å²) in [5.74, 6) is 2.83. The van der Waals surface area contributed by atoms with Crippen molar-refractivity contribution in [2.75, 3.05) is 56.3 Å². The lowest BCUT2D eigenvalue weighted by Crippen LogP contribution is -2.27. The molecule has 334 valence electrons. The van der Waals surface area contributed by atoms with Crippen molar-refractivity contribution in [3.8, 4) is 28.7 Å². The number of ether oxygens (including phenoxy) is 3. The molecule has 0 aliphatic carbocycles. The van der Waals surface area contributed by atoms with Crippen LogP contribution in [-0.4, -0.2) is 93.6 Å². The van der Waals surface area contributed by atoms with Gasteiger partial charge in [0.05, 0.1) is 37.9 Å². The van der Waals surface area contributed by atoms with Crippen molar-refractivity contribution in [2.45, 2.75) is 47.0 Å². The molecule has 5 heterocycles. The SMILES string of the molecule is CCOC(=O)[C@H]1CN(c2nccc(C)n2)C[C@H]1Cc1ccc(O)cc1.COc1ccc(-c2nc(CCOc3ccc(C[C@@H]4CN(c5nccc(C)n5)C[C@@H]4C(=O)O)cc3)c(C)o2)cc1. The monoisotopic (exact) mass is 869 g/mol. The Morgan fingerprint density at radius 3 is 1.81 bits per heavy atom. The lowest BCUT2D eigenvalue weighted by Gasteiger charge is -2.16. The van der Waals surface area contributed by atoms with Crippen LogP contribution >= 0.6 is 0 Å². The summed E-state index contributed by atoms with van der Waals surface area (Å²) in [6, 6.07) is 26.3. The molecule has 64 heavy (non-hydrogen) atoms. The van der Waals surface area contributed by atoms with Crippen LogP contribution in [0.5, 0.6) is 17.2 Å². The maximum absolute atomic E-state index is 12.4. The van der Waals surface area contributed by atoms with Gasteiger partial charge in [0.2, 0.25) is 17.8 Å². The molecule has 0 unspecified atom stereocenters. The quantitative estimate of drug-likeness (QED) is 0.0994. The third-order valence-corrected chi connectivity index (χ3v) is 11.6. The van der Waals surface area contributed by atoms with E-state index in [1.165, 1.54) is 0 Å². The number of aliphatic carboxylic acids is 1. The van der Waals surface area contributed by atoms with Gasteiger partial charge in [-0.25, -0.2) is 24.9 Å². The summed E-state index contributed by atoms with van der Waals surface area (Å²) < 4.78 is 22.3. The second-order valence-corrected chi connectivity index (χ2v) is 16.2. The number of phenolic OH excluding ortho intramolecular Hbond substituents is 1. The second-order valence-electron chi connectivity index (χ2n) is 16.2. The van der Waals surface area contributed by atoms with Crippen LogP contribution in [-0.2, 0) is 33.6 Å². The molecule has 2 aliphatic rings. The van der Waals surface area contributed by atoms with Crippen LogP contribution in [0, 0.1) is 44.4 Å². The first-order valence-electron chi connectivity index (χ1n) is 21.5. The van der Waals surface area contributed by atoms with Gasteiger partial charge in [0, 0.05) is 61.9 Å². The Hall–Kier alpha value is -7.03. The maximum atomic E-state index is 12.4. The van der Waals surface area contributed by atoms with Crippen molar-refractivity contribution in [3.05, 3.63) is 131 Å². The molecule has 3 aromatic carbocycles. The number of methoxy groups -OCH3 is 1. The number of esters is 1. The highest BCUT2D eigenvalue weighted by atomic mass is 16.5. The predicted octanol–water partition coefficient (Wildman–Crippen LogP) is 7.11. The zero-order chi connectivity index (χ0) is 45.2. The Kier molecular flexibility index (Phi) is 14.7. The van der Waals surface area contributed by atoms with Gasteiger partial charge in [-0.2, -0.15) is 0 Å². The van der Waals surface area contributed by atoms with Crippen molar-refractivity contribution in [2.24, 2.45) is 23.7 Å². The molecule has 2 saturated heterocycles. The molecule has 2 aliphatic heterocycles. The normalized spacial score (nSPS) is 18.0. The molecule has 0 saturated carbocycles. The summed E-state index contributed by atoms with van der Waals surface area (Å²) in [4.78, 5) is 50.7. The van der Waals surface area contributed by atoms with Crippen LogP contribution in [0.3, 0.4) is 0 Å². The van der Waals surface area contributed by atoms with Crippen LogP contribution in [0.1, 0.15) is 40.9 Å². The van der Waals surface area contributed by atoms with Gasteiger partial charge < -0.3 is 38.6 Å². The number of carboxylic acids is 1. The maximum Gasteiger partial charge on any atom is 0.311 e. The molecule has 4 atom stereocenters. The topological polar surface area (TPSA) is 186 Å². The first kappa shape index (κ1) is 45.0. The van der Waals surface area contributed by atoms with Crippen molar-refractivity contribution in [1.82, 2.24) is 24.9 Å². The van der Waals surface area contributed by atoms with Gasteiger partial charge in [0.1, 0.15) is 23.0 Å². The van der Waals surface area contributed by atoms with E-state index in [9.17, 15) is 19.8 Å². The van der Waals surface area contributed by atoms with Gasteiger partial charge >= 0.3 is 11.9 Å². The number of carbonyl (C=O) groups excluding carboxylic acids is 1. The lowest BCUT2D eigenvalue weighted by atomic mass is 9.90. The lowest BCUT2D eigenvalue weighted by molar-refractivity contribution is -0.148. The molecule has 15 nitrogen and oxygen atoms in total. The van der Waals surface area contributed by atoms with E-state index in [0.717, 1.165) is 57.5 Å². The van der Waals surface area contributed by atoms with Gasteiger partial charge in [0.15, 0.2) is 0 Å². The number of carboxylic acid groups (broad SMARTS) is 1. The second kappa shape index (κ2) is 20.9. The fourth-order valence-electron chi connectivity index (χ4n) is 8.20. The number of oxazole rings is 1. The van der Waals surface area contributed by atoms with E-state index >= 15 is 0 Å². The minimum absolute atomic E-state index is 0.0339. The fraction of sp³-hybridized carbons (Fsp3) is 0.367. The number of nitrogens with zero attached hydrogens (tertiary/aromatic N) is 7. The highest BCUT2D eigenvalue weighted by Gasteiger charge is 2.40. The van der Waals surface area contributed by atoms with Gasteiger partial charge in [-0.05, 0) is 124 Å². The Morgan fingerprint density at radius 2 is 1.27 bits per heavy atom. The van der Waals surface area contributed by atoms with Gasteiger partial charge in [-0.1, -0.05) is 24.3 Å². The molecule has 8 rings (SSSR count). The minimum atomic E-state index is -0.784. The summed E-state index contributed by atoms with van der Waals surface area (Å²) in [5.41, 5.74) is 5.68. The average Bonchev–Trinajstić information content (AvgIpc) is 4.03. The van der Waals surface area contributed by atoms with Crippen LogP contribution in [0.25, 0.3) is 11.5 Å². The van der Waals surface area contributed by atoms with Crippen LogP contribution in [0.4, 0.5) is 11.9 Å². The number of hydrogen-bond donors (Lipinski definition) is 2. The average molecular weight is 870 g/mol. The van der Waals surface area contributed by atoms with E-state index in [4.69, 9.17) is 18.6 Å². The number of benzene rings is 3. The van der Waals surface area contributed by atoms with Gasteiger partial charge in [-0.3, -0.25) is 9.59 Å². The van der Waals surface area contributed by atoms with E-state index < -0.39 is 11.9 Å². The summed E-state index contributed by atoms with van der Waals surface area (Å²) in [6.07, 6.45) is 5.47. The first-order chi connectivity index (χ1) is 31.0. The highest BCUT2D eigenvalue weighted by molar-refractivity contribution is 5.75. The van der Waals surface area contributed by atoms with E-state index in [1.54, 1.807) is 31.6 Å². The summed E-state index contributed by atoms with van der Waals surface area (Å²) in [5, 5.41) is 19.3. The summed E-state index contributed by atoms with van der Waals surface area (Å²) in [6.45, 7) is 10.7. The van der Waals surface area contributed by atoms with E-state index in [-0.39, 0.29) is 29.5 Å². The standard InChI is InChI=1S/C30H32N4O5.C19H23N3O3/c1-19-12-14-31-30(32-19)34-17-23(26(18-34)29(35)36)16-21-4-8-25(9-5-21)38-15-13-27-20(2)39-28(33-27)22-6-10-24(37-3)11-7-22;1-3-25-18(24)17-12-22(19-20-9-8-13(2)21-19)11-15(17)10-14-4-6-16(23)7-5-14/h4-12,14,23,26H,13,15-18H2,1-3H3,(H,35,36);4-9,15,17,23H,3,10-12H2,1-2H3/t23-,26+;15-,17+/m11/s1. The fourth-order valence-corrected chi connectivity index (χ4v) is 8.20. The zero-order valence-corrected chi connectivity index (χ0v) is 36.9. The number of rotatable bonds is 15. The number of aromatic nitrogens is 5. The Balaban J connectivity index is 0.000000211. The Labute approximate surface area is 373 Å². The van der Waals surface area contributed by atoms with Crippen molar-refractivity contribution in [1.29, 1.82) is 0 Å². The molecule has 0 radical (unpaired) electrons. The van der Waals surface area contributed by atoms with Crippen molar-refractivity contribution >= 4 is 23.8 Å². The summed E-state index contributed by atoms with van der Waals surface area (Å²) >= 11 is 0. The van der Waals surface area contributed by atoms with Crippen LogP contribution < -0.4 is 19.3 Å². The van der Waals surface area contributed by atoms with Crippen LogP contribution in [0.2, 0.25) is 0 Å². The Morgan fingerprint density at radius 1 is 0.719 bits per heavy atom. The highest BCUT2D eigenvalue weighted by Crippen LogP contribution is 2.32. The molecule has 0 amide bonds. The zero-order valence-electron chi connectivity index (χ0n) is 36.9. The molecule has 2 fully saturated rings. The Bertz CT molecular complexity index is 2480. The van der Waals surface area contributed by atoms with Crippen LogP contribution in [0.15, 0.2) is 102 Å². The van der Waals surface area contributed by atoms with E-state index in [0.29, 0.717) is 70.0 Å². The summed E-state index contributed by atoms with van der Waals surface area (Å²) in [7, 11) is 1.64. The molecule has 6 aromatic rings. The predicted molar refractivity (Wildman–Crippen MR) is 241 cm³/mol. The number of hydrogen-bond acceptors (Lipinski definition) is 14. The van der Waals surface area contributed by atoms with Crippen molar-refractivity contribution < 1.29 is 38.4 Å². The molecule has 15 heteroatoms.